The third-order valence-corrected chi connectivity index (χ3v) is 3.87. The molecular formula is C20H20F3NO3. The zero-order chi connectivity index (χ0) is 19.9. The fraction of sp³-hybridized carbons (Fsp3) is 0.300. The third-order valence-electron chi connectivity index (χ3n) is 3.87. The summed E-state index contributed by atoms with van der Waals surface area (Å²) in [7, 11) is 0. The quantitative estimate of drug-likeness (QED) is 0.720. The van der Waals surface area contributed by atoms with Crippen LogP contribution in [0, 0.1) is 0 Å². The lowest BCUT2D eigenvalue weighted by molar-refractivity contribution is -0.137. The SMILES string of the molecule is CCC[C@H](NC(=O)COC(=O)c1cccc(C(F)(F)F)c1)c1ccccc1. The molecule has 4 nitrogen and oxygen atoms in total. The van der Waals surface area contributed by atoms with E-state index in [9.17, 15) is 22.8 Å². The predicted molar refractivity (Wildman–Crippen MR) is 94.0 cm³/mol. The Labute approximate surface area is 155 Å². The molecule has 0 heterocycles. The van der Waals surface area contributed by atoms with E-state index in [-0.39, 0.29) is 11.6 Å². The van der Waals surface area contributed by atoms with Gasteiger partial charge in [-0.2, -0.15) is 13.2 Å². The summed E-state index contributed by atoms with van der Waals surface area (Å²) in [4.78, 5) is 24.0. The molecule has 144 valence electrons. The zero-order valence-electron chi connectivity index (χ0n) is 14.8. The lowest BCUT2D eigenvalue weighted by atomic mass is 10.0. The molecule has 2 rings (SSSR count). The van der Waals surface area contributed by atoms with Crippen LogP contribution in [0.3, 0.4) is 0 Å². The number of hydrogen-bond acceptors (Lipinski definition) is 3. The summed E-state index contributed by atoms with van der Waals surface area (Å²) in [6.07, 6.45) is -3.02. The fourth-order valence-electron chi connectivity index (χ4n) is 2.57. The van der Waals surface area contributed by atoms with Crippen LogP contribution in [0.4, 0.5) is 13.2 Å². The van der Waals surface area contributed by atoms with Crippen molar-refractivity contribution in [2.45, 2.75) is 32.0 Å². The van der Waals surface area contributed by atoms with Crippen molar-refractivity contribution in [2.75, 3.05) is 6.61 Å². The van der Waals surface area contributed by atoms with Crippen LogP contribution < -0.4 is 5.32 Å². The summed E-state index contributed by atoms with van der Waals surface area (Å²) in [5, 5.41) is 2.78. The Hall–Kier alpha value is -2.83. The first-order chi connectivity index (χ1) is 12.8. The summed E-state index contributed by atoms with van der Waals surface area (Å²) in [5.41, 5.74) is -0.281. The molecule has 2 aromatic carbocycles. The van der Waals surface area contributed by atoms with Crippen LogP contribution in [0.15, 0.2) is 54.6 Å². The number of hydrogen-bond donors (Lipinski definition) is 1. The Morgan fingerprint density at radius 2 is 1.78 bits per heavy atom. The Morgan fingerprint density at radius 3 is 2.41 bits per heavy atom. The molecule has 0 spiro atoms. The predicted octanol–water partition coefficient (Wildman–Crippen LogP) is 4.52. The highest BCUT2D eigenvalue weighted by Crippen LogP contribution is 2.29. The van der Waals surface area contributed by atoms with Gasteiger partial charge in [-0.15, -0.1) is 0 Å². The number of amides is 1. The molecule has 0 bridgehead atoms. The average Bonchev–Trinajstić information content (AvgIpc) is 2.66. The lowest BCUT2D eigenvalue weighted by Gasteiger charge is -2.18. The monoisotopic (exact) mass is 379 g/mol. The number of rotatable bonds is 7. The van der Waals surface area contributed by atoms with E-state index in [4.69, 9.17) is 4.74 Å². The molecule has 0 fully saturated rings. The van der Waals surface area contributed by atoms with Crippen molar-refractivity contribution >= 4 is 11.9 Å². The standard InChI is InChI=1S/C20H20F3NO3/c1-2-7-17(14-8-4-3-5-9-14)24-18(25)13-27-19(26)15-10-6-11-16(12-15)20(21,22)23/h3-6,8-12,17H,2,7,13H2,1H3,(H,24,25)/t17-/m0/s1. The summed E-state index contributed by atoms with van der Waals surface area (Å²) >= 11 is 0. The molecule has 1 N–H and O–H groups in total. The van der Waals surface area contributed by atoms with Crippen molar-refractivity contribution in [1.29, 1.82) is 0 Å². The smallest absolute Gasteiger partial charge is 0.416 e. The molecule has 0 aliphatic heterocycles. The van der Waals surface area contributed by atoms with Gasteiger partial charge in [0.25, 0.3) is 5.91 Å². The van der Waals surface area contributed by atoms with Gasteiger partial charge in [-0.3, -0.25) is 4.79 Å². The number of esters is 1. The number of nitrogens with one attached hydrogen (secondary N) is 1. The Balaban J connectivity index is 1.95. The normalized spacial score (nSPS) is 12.3. The highest BCUT2D eigenvalue weighted by Gasteiger charge is 2.31. The highest BCUT2D eigenvalue weighted by molar-refractivity contribution is 5.91. The second-order valence-electron chi connectivity index (χ2n) is 5.97. The highest BCUT2D eigenvalue weighted by atomic mass is 19.4. The van der Waals surface area contributed by atoms with Crippen LogP contribution >= 0.6 is 0 Å². The Kier molecular flexibility index (Phi) is 6.98. The van der Waals surface area contributed by atoms with Gasteiger partial charge in [-0.05, 0) is 30.2 Å². The van der Waals surface area contributed by atoms with Crippen LogP contribution in [-0.2, 0) is 15.7 Å². The number of halogens is 3. The van der Waals surface area contributed by atoms with Crippen LogP contribution in [0.5, 0.6) is 0 Å². The first-order valence-electron chi connectivity index (χ1n) is 8.50. The summed E-state index contributed by atoms with van der Waals surface area (Å²) in [6, 6.07) is 13.0. The zero-order valence-corrected chi connectivity index (χ0v) is 14.8. The molecule has 27 heavy (non-hydrogen) atoms. The molecule has 1 amide bonds. The maximum absolute atomic E-state index is 12.7. The van der Waals surface area contributed by atoms with Crippen LogP contribution in [0.25, 0.3) is 0 Å². The van der Waals surface area contributed by atoms with Crippen molar-refractivity contribution in [1.82, 2.24) is 5.32 Å². The van der Waals surface area contributed by atoms with Gasteiger partial charge in [0, 0.05) is 0 Å². The van der Waals surface area contributed by atoms with E-state index in [0.29, 0.717) is 12.5 Å². The van der Waals surface area contributed by atoms with Gasteiger partial charge in [0.05, 0.1) is 17.2 Å². The van der Waals surface area contributed by atoms with Crippen LogP contribution in [-0.4, -0.2) is 18.5 Å². The molecular weight excluding hydrogens is 359 g/mol. The van der Waals surface area contributed by atoms with Gasteiger partial charge >= 0.3 is 12.1 Å². The first-order valence-corrected chi connectivity index (χ1v) is 8.50. The molecule has 0 saturated carbocycles. The molecule has 0 aliphatic carbocycles. The van der Waals surface area contributed by atoms with E-state index < -0.39 is 30.2 Å². The van der Waals surface area contributed by atoms with Crippen molar-refractivity contribution in [3.63, 3.8) is 0 Å². The topological polar surface area (TPSA) is 55.4 Å². The molecule has 0 saturated heterocycles. The maximum Gasteiger partial charge on any atom is 0.416 e. The van der Waals surface area contributed by atoms with Gasteiger partial charge in [-0.1, -0.05) is 49.7 Å². The van der Waals surface area contributed by atoms with Crippen molar-refractivity contribution in [2.24, 2.45) is 0 Å². The minimum absolute atomic E-state index is 0.226. The maximum atomic E-state index is 12.7. The van der Waals surface area contributed by atoms with E-state index in [0.717, 1.165) is 24.1 Å². The van der Waals surface area contributed by atoms with E-state index in [1.807, 2.05) is 37.3 Å². The van der Waals surface area contributed by atoms with E-state index in [1.165, 1.54) is 6.07 Å². The van der Waals surface area contributed by atoms with Crippen molar-refractivity contribution in [3.8, 4) is 0 Å². The number of benzene rings is 2. The van der Waals surface area contributed by atoms with Gasteiger partial charge in [0.2, 0.25) is 0 Å². The third kappa shape index (κ3) is 6.13. The van der Waals surface area contributed by atoms with Gasteiger partial charge in [0.1, 0.15) is 0 Å². The average molecular weight is 379 g/mol. The Morgan fingerprint density at radius 1 is 1.07 bits per heavy atom. The minimum atomic E-state index is -4.56. The fourth-order valence-corrected chi connectivity index (χ4v) is 2.57. The summed E-state index contributed by atoms with van der Waals surface area (Å²) < 4.78 is 43.0. The first kappa shape index (κ1) is 20.5. The Bertz CT molecular complexity index is 776. The molecule has 0 aromatic heterocycles. The van der Waals surface area contributed by atoms with Gasteiger partial charge < -0.3 is 10.1 Å². The second kappa shape index (κ2) is 9.21. The van der Waals surface area contributed by atoms with Gasteiger partial charge in [-0.25, -0.2) is 4.79 Å². The lowest BCUT2D eigenvalue weighted by Crippen LogP contribution is -2.32. The molecule has 1 atom stereocenters. The molecule has 0 radical (unpaired) electrons. The van der Waals surface area contributed by atoms with Crippen LogP contribution in [0.2, 0.25) is 0 Å². The number of carbonyl (C=O) groups excluding carboxylic acids is 2. The van der Waals surface area contributed by atoms with E-state index in [1.54, 1.807) is 0 Å². The summed E-state index contributed by atoms with van der Waals surface area (Å²) in [6.45, 7) is 1.41. The molecule has 2 aromatic rings. The van der Waals surface area contributed by atoms with Crippen LogP contribution in [0.1, 0.15) is 47.3 Å². The van der Waals surface area contributed by atoms with E-state index in [2.05, 4.69) is 5.32 Å². The summed E-state index contributed by atoms with van der Waals surface area (Å²) in [5.74, 6) is -1.50. The number of carbonyl (C=O) groups is 2. The number of ether oxygens (including phenoxy) is 1. The largest absolute Gasteiger partial charge is 0.452 e. The molecule has 7 heteroatoms. The minimum Gasteiger partial charge on any atom is -0.452 e. The van der Waals surface area contributed by atoms with Crippen molar-refractivity contribution in [3.05, 3.63) is 71.3 Å². The van der Waals surface area contributed by atoms with Gasteiger partial charge in [0.15, 0.2) is 6.61 Å². The second-order valence-corrected chi connectivity index (χ2v) is 5.97. The number of alkyl halides is 3. The van der Waals surface area contributed by atoms with E-state index >= 15 is 0 Å². The molecule has 0 aliphatic rings. The molecule has 0 unspecified atom stereocenters. The van der Waals surface area contributed by atoms with Crippen molar-refractivity contribution < 1.29 is 27.5 Å².